The Morgan fingerprint density at radius 3 is 2.59 bits per heavy atom. The molecule has 1 amide bonds. The second kappa shape index (κ2) is 6.84. The molecule has 4 heteroatoms. The molecule has 0 spiro atoms. The predicted octanol–water partition coefficient (Wildman–Crippen LogP) is 4.75. The van der Waals surface area contributed by atoms with Gasteiger partial charge < -0.3 is 9.88 Å². The highest BCUT2D eigenvalue weighted by atomic mass is 16.2. The topological polar surface area (TPSA) is 49.0 Å². The van der Waals surface area contributed by atoms with E-state index in [1.54, 1.807) is 0 Å². The summed E-state index contributed by atoms with van der Waals surface area (Å²) >= 11 is 0. The second-order valence-corrected chi connectivity index (χ2v) is 7.92. The maximum Gasteiger partial charge on any atom is 0.289 e. The largest absolute Gasteiger partial charge is 0.334 e. The number of nitrogens with zero attached hydrogens (tertiary/aromatic N) is 2. The number of hydrogen-bond acceptors (Lipinski definition) is 2. The van der Waals surface area contributed by atoms with Crippen molar-refractivity contribution in [2.75, 3.05) is 6.54 Å². The monoisotopic (exact) mass is 359 g/mol. The fourth-order valence-corrected chi connectivity index (χ4v) is 5.21. The Morgan fingerprint density at radius 2 is 1.74 bits per heavy atom. The summed E-state index contributed by atoms with van der Waals surface area (Å²) in [5.41, 5.74) is 3.23. The number of carbonyl (C=O) groups is 1. The molecular weight excluding hydrogens is 334 g/mol. The second-order valence-electron chi connectivity index (χ2n) is 7.92. The summed E-state index contributed by atoms with van der Waals surface area (Å²) in [6, 6.07) is 19.1. The van der Waals surface area contributed by atoms with Gasteiger partial charge in [0.05, 0.1) is 11.0 Å². The Kier molecular flexibility index (Phi) is 4.19. The third-order valence-corrected chi connectivity index (χ3v) is 6.46. The fraction of sp³-hybridized carbons (Fsp3) is 0.391. The van der Waals surface area contributed by atoms with Crippen molar-refractivity contribution in [3.05, 3.63) is 66.0 Å². The number of aromatic amines is 1. The van der Waals surface area contributed by atoms with Crippen molar-refractivity contribution in [3.63, 3.8) is 0 Å². The van der Waals surface area contributed by atoms with Gasteiger partial charge in [0, 0.05) is 12.6 Å². The van der Waals surface area contributed by atoms with Crippen molar-refractivity contribution in [1.29, 1.82) is 0 Å². The van der Waals surface area contributed by atoms with Crippen LogP contribution in [-0.2, 0) is 0 Å². The van der Waals surface area contributed by atoms with Gasteiger partial charge >= 0.3 is 0 Å². The number of hydrogen-bond donors (Lipinski definition) is 1. The average Bonchev–Trinajstić information content (AvgIpc) is 3.17. The van der Waals surface area contributed by atoms with Gasteiger partial charge in [-0.2, -0.15) is 0 Å². The maximum absolute atomic E-state index is 13.3. The molecule has 1 N–H and O–H groups in total. The van der Waals surface area contributed by atoms with Gasteiger partial charge in [0.1, 0.15) is 0 Å². The number of likely N-dealkylation sites (tertiary alicyclic amines) is 1. The van der Waals surface area contributed by atoms with Crippen molar-refractivity contribution in [2.45, 2.75) is 44.1 Å². The molecule has 3 atom stereocenters. The van der Waals surface area contributed by atoms with E-state index >= 15 is 0 Å². The number of H-pyrrole nitrogens is 1. The standard InChI is InChI=1S/C23H25N3O/c27-23(22-24-19-11-5-6-12-20(19)25-22)26-15-14-17(16-8-2-1-3-9-16)18-10-4-7-13-21(18)26/h1-3,5-6,8-9,11-12,17-18,21H,4,7,10,13-15H2,(H,24,25)/t17-,18-,21-/m0/s1. The molecule has 138 valence electrons. The van der Waals surface area contributed by atoms with Gasteiger partial charge in [0.2, 0.25) is 0 Å². The smallest absolute Gasteiger partial charge is 0.289 e. The van der Waals surface area contributed by atoms with Crippen molar-refractivity contribution < 1.29 is 4.79 Å². The lowest BCUT2D eigenvalue weighted by Crippen LogP contribution is -2.52. The van der Waals surface area contributed by atoms with Gasteiger partial charge in [0.25, 0.3) is 5.91 Å². The summed E-state index contributed by atoms with van der Waals surface area (Å²) in [6.45, 7) is 0.816. The Bertz CT molecular complexity index is 915. The van der Waals surface area contributed by atoms with Crippen LogP contribution >= 0.6 is 0 Å². The van der Waals surface area contributed by atoms with Gasteiger partial charge in [-0.3, -0.25) is 4.79 Å². The number of piperidine rings is 1. The van der Waals surface area contributed by atoms with E-state index < -0.39 is 0 Å². The van der Waals surface area contributed by atoms with E-state index in [1.165, 1.54) is 24.8 Å². The third-order valence-electron chi connectivity index (χ3n) is 6.46. The van der Waals surface area contributed by atoms with Gasteiger partial charge in [-0.25, -0.2) is 4.98 Å². The molecule has 3 aromatic rings. The third kappa shape index (κ3) is 2.93. The molecule has 1 saturated carbocycles. The summed E-state index contributed by atoms with van der Waals surface area (Å²) in [4.78, 5) is 23.2. The molecule has 27 heavy (non-hydrogen) atoms. The summed E-state index contributed by atoms with van der Waals surface area (Å²) in [6.07, 6.45) is 5.86. The number of nitrogens with one attached hydrogen (secondary N) is 1. The lowest BCUT2D eigenvalue weighted by atomic mass is 9.69. The number of imidazole rings is 1. The van der Waals surface area contributed by atoms with Crippen molar-refractivity contribution in [2.24, 2.45) is 5.92 Å². The van der Waals surface area contributed by atoms with Crippen LogP contribution in [0.3, 0.4) is 0 Å². The fourth-order valence-electron chi connectivity index (χ4n) is 5.21. The van der Waals surface area contributed by atoms with Crippen LogP contribution in [0.4, 0.5) is 0 Å². The van der Waals surface area contributed by atoms with Crippen LogP contribution in [0.5, 0.6) is 0 Å². The molecule has 1 aliphatic heterocycles. The first-order chi connectivity index (χ1) is 13.3. The quantitative estimate of drug-likeness (QED) is 0.718. The van der Waals surface area contributed by atoms with Gasteiger partial charge in [-0.1, -0.05) is 55.3 Å². The first-order valence-electron chi connectivity index (χ1n) is 10.1. The van der Waals surface area contributed by atoms with Crippen LogP contribution in [0.15, 0.2) is 54.6 Å². The van der Waals surface area contributed by atoms with Crippen molar-refractivity contribution >= 4 is 16.9 Å². The molecule has 5 rings (SSSR count). The number of para-hydroxylation sites is 2. The lowest BCUT2D eigenvalue weighted by molar-refractivity contribution is 0.0310. The molecule has 0 bridgehead atoms. The van der Waals surface area contributed by atoms with Crippen LogP contribution in [0.1, 0.15) is 54.2 Å². The van der Waals surface area contributed by atoms with E-state index in [0.717, 1.165) is 30.4 Å². The molecule has 2 fully saturated rings. The number of fused-ring (bicyclic) bond motifs is 2. The number of aromatic nitrogens is 2. The molecule has 1 aromatic heterocycles. The van der Waals surface area contributed by atoms with E-state index in [2.05, 4.69) is 45.2 Å². The molecule has 2 heterocycles. The molecule has 0 unspecified atom stereocenters. The molecular formula is C23H25N3O. The van der Waals surface area contributed by atoms with Crippen LogP contribution in [0, 0.1) is 5.92 Å². The van der Waals surface area contributed by atoms with E-state index in [4.69, 9.17) is 0 Å². The van der Waals surface area contributed by atoms with Crippen molar-refractivity contribution in [1.82, 2.24) is 14.9 Å². The van der Waals surface area contributed by atoms with E-state index in [9.17, 15) is 4.79 Å². The number of benzene rings is 2. The molecule has 2 aliphatic rings. The van der Waals surface area contributed by atoms with Gasteiger partial charge in [-0.05, 0) is 48.8 Å². The first-order valence-corrected chi connectivity index (χ1v) is 10.1. The Labute approximate surface area is 159 Å². The minimum atomic E-state index is 0.0645. The predicted molar refractivity (Wildman–Crippen MR) is 107 cm³/mol. The first kappa shape index (κ1) is 16.5. The van der Waals surface area contributed by atoms with E-state index in [1.807, 2.05) is 24.3 Å². The molecule has 2 aromatic carbocycles. The van der Waals surface area contributed by atoms with Gasteiger partial charge in [0.15, 0.2) is 5.82 Å². The minimum Gasteiger partial charge on any atom is -0.334 e. The zero-order valence-corrected chi connectivity index (χ0v) is 15.5. The Morgan fingerprint density at radius 1 is 0.963 bits per heavy atom. The summed E-state index contributed by atoms with van der Waals surface area (Å²) in [5, 5.41) is 0. The van der Waals surface area contributed by atoms with Gasteiger partial charge in [-0.15, -0.1) is 0 Å². The molecule has 1 aliphatic carbocycles. The minimum absolute atomic E-state index is 0.0645. The van der Waals surface area contributed by atoms with Crippen LogP contribution in [-0.4, -0.2) is 33.4 Å². The van der Waals surface area contributed by atoms with Crippen LogP contribution < -0.4 is 0 Å². The summed E-state index contributed by atoms with van der Waals surface area (Å²) < 4.78 is 0. The molecule has 0 radical (unpaired) electrons. The zero-order chi connectivity index (χ0) is 18.2. The Balaban J connectivity index is 1.44. The number of amides is 1. The number of rotatable bonds is 2. The lowest BCUT2D eigenvalue weighted by Gasteiger charge is -2.48. The average molecular weight is 359 g/mol. The maximum atomic E-state index is 13.3. The molecule has 1 saturated heterocycles. The van der Waals surface area contributed by atoms with E-state index in [0.29, 0.717) is 23.7 Å². The highest BCUT2D eigenvalue weighted by Crippen LogP contribution is 2.44. The van der Waals surface area contributed by atoms with Crippen molar-refractivity contribution in [3.8, 4) is 0 Å². The normalized spacial score (nSPS) is 25.3. The SMILES string of the molecule is O=C(c1nc2ccccc2[nH]1)N1CC[C@@H](c2ccccc2)[C@@H]2CCCC[C@@H]21. The highest BCUT2D eigenvalue weighted by Gasteiger charge is 2.42. The van der Waals surface area contributed by atoms with E-state index in [-0.39, 0.29) is 5.91 Å². The molecule has 4 nitrogen and oxygen atoms in total. The number of carbonyl (C=O) groups excluding carboxylic acids is 1. The summed E-state index contributed by atoms with van der Waals surface area (Å²) in [5.74, 6) is 1.67. The summed E-state index contributed by atoms with van der Waals surface area (Å²) in [7, 11) is 0. The van der Waals surface area contributed by atoms with Crippen LogP contribution in [0.25, 0.3) is 11.0 Å². The zero-order valence-electron chi connectivity index (χ0n) is 15.5. The Hall–Kier alpha value is -2.62. The van der Waals surface area contributed by atoms with Crippen LogP contribution in [0.2, 0.25) is 0 Å². The highest BCUT2D eigenvalue weighted by molar-refractivity contribution is 5.94.